The minimum absolute atomic E-state index is 0.184. The van der Waals surface area contributed by atoms with Crippen molar-refractivity contribution in [1.29, 1.82) is 0 Å². The van der Waals surface area contributed by atoms with Gasteiger partial charge < -0.3 is 9.64 Å². The number of Topliss-reactive ketones (excluding diaryl/α,β-unsaturated/α-hetero) is 1. The summed E-state index contributed by atoms with van der Waals surface area (Å²) in [4.78, 5) is 25.0. The van der Waals surface area contributed by atoms with Gasteiger partial charge in [0.05, 0.1) is 0 Å². The molecule has 0 saturated carbocycles. The number of rotatable bonds is 3. The number of likely N-dealkylation sites (tertiary alicyclic amines) is 1. The highest BCUT2D eigenvalue weighted by Gasteiger charge is 2.27. The van der Waals surface area contributed by atoms with E-state index in [0.717, 1.165) is 31.5 Å². The molecule has 0 aliphatic carbocycles. The van der Waals surface area contributed by atoms with E-state index in [4.69, 9.17) is 4.74 Å². The molecule has 0 unspecified atom stereocenters. The summed E-state index contributed by atoms with van der Waals surface area (Å²) in [6.45, 7) is 8.74. The Morgan fingerprint density at radius 3 is 2.17 bits per heavy atom. The van der Waals surface area contributed by atoms with Gasteiger partial charge in [-0.3, -0.25) is 4.79 Å². The zero-order chi connectivity index (χ0) is 17.0. The van der Waals surface area contributed by atoms with E-state index in [0.29, 0.717) is 12.3 Å². The quantitative estimate of drug-likeness (QED) is 0.848. The summed E-state index contributed by atoms with van der Waals surface area (Å²) in [7, 11) is 0. The van der Waals surface area contributed by atoms with Gasteiger partial charge in [-0.2, -0.15) is 0 Å². The average Bonchev–Trinajstić information content (AvgIpc) is 2.46. The third kappa shape index (κ3) is 5.38. The highest BCUT2D eigenvalue weighted by molar-refractivity contribution is 5.78. The second kappa shape index (κ2) is 7.16. The lowest BCUT2D eigenvalue weighted by Crippen LogP contribution is -2.41. The fourth-order valence-corrected chi connectivity index (χ4v) is 2.92. The normalized spacial score (nSPS) is 16.3. The number of hydrogen-bond donors (Lipinski definition) is 0. The molecule has 1 aliphatic rings. The lowest BCUT2D eigenvalue weighted by atomic mass is 9.89. The van der Waals surface area contributed by atoms with Crippen molar-refractivity contribution in [3.63, 3.8) is 0 Å². The van der Waals surface area contributed by atoms with Crippen LogP contribution in [0.4, 0.5) is 4.79 Å². The third-order valence-corrected chi connectivity index (χ3v) is 4.05. The Morgan fingerprint density at radius 1 is 1.13 bits per heavy atom. The molecule has 0 bridgehead atoms. The topological polar surface area (TPSA) is 46.6 Å². The summed E-state index contributed by atoms with van der Waals surface area (Å²) in [5, 5.41) is 0. The van der Waals surface area contributed by atoms with Crippen LogP contribution in [-0.4, -0.2) is 35.5 Å². The van der Waals surface area contributed by atoms with Crippen molar-refractivity contribution in [1.82, 2.24) is 4.90 Å². The summed E-state index contributed by atoms with van der Waals surface area (Å²) < 4.78 is 5.43. The molecule has 1 aromatic carbocycles. The minimum atomic E-state index is -0.444. The van der Waals surface area contributed by atoms with Crippen LogP contribution < -0.4 is 0 Å². The van der Waals surface area contributed by atoms with Crippen LogP contribution >= 0.6 is 0 Å². The number of nitrogens with zero attached hydrogens (tertiary/aromatic N) is 1. The molecule has 0 N–H and O–H groups in total. The SMILES string of the molecule is CC(=O)Cc1ccc(C2CCN(C(=O)OC(C)(C)C)CC2)cc1. The van der Waals surface area contributed by atoms with Crippen molar-refractivity contribution >= 4 is 11.9 Å². The predicted molar refractivity (Wildman–Crippen MR) is 90.6 cm³/mol. The molecule has 1 amide bonds. The number of carbonyl (C=O) groups is 2. The molecule has 1 aromatic rings. The zero-order valence-electron chi connectivity index (χ0n) is 14.6. The maximum atomic E-state index is 12.1. The second-order valence-corrected chi connectivity index (χ2v) is 7.36. The third-order valence-electron chi connectivity index (χ3n) is 4.05. The van der Waals surface area contributed by atoms with Crippen LogP contribution in [0.1, 0.15) is 57.6 Å². The molecule has 126 valence electrons. The van der Waals surface area contributed by atoms with E-state index >= 15 is 0 Å². The van der Waals surface area contributed by atoms with Crippen molar-refractivity contribution in [3.05, 3.63) is 35.4 Å². The Morgan fingerprint density at radius 2 is 1.70 bits per heavy atom. The summed E-state index contributed by atoms with van der Waals surface area (Å²) in [5.41, 5.74) is 1.91. The van der Waals surface area contributed by atoms with Gasteiger partial charge in [0.25, 0.3) is 0 Å². The molecule has 2 rings (SSSR count). The molecule has 23 heavy (non-hydrogen) atoms. The summed E-state index contributed by atoms with van der Waals surface area (Å²) in [6, 6.07) is 8.31. The van der Waals surface area contributed by atoms with Gasteiger partial charge in [-0.1, -0.05) is 24.3 Å². The first-order chi connectivity index (χ1) is 10.7. The standard InChI is InChI=1S/C19H27NO3/c1-14(21)13-15-5-7-16(8-6-15)17-9-11-20(12-10-17)18(22)23-19(2,3)4/h5-8,17H,9-13H2,1-4H3. The number of piperidine rings is 1. The van der Waals surface area contributed by atoms with Crippen LogP contribution in [0, 0.1) is 0 Å². The monoisotopic (exact) mass is 317 g/mol. The molecule has 0 aromatic heterocycles. The van der Waals surface area contributed by atoms with Crippen LogP contribution in [0.2, 0.25) is 0 Å². The van der Waals surface area contributed by atoms with E-state index < -0.39 is 5.60 Å². The molecule has 4 heteroatoms. The molecule has 1 fully saturated rings. The Labute approximate surface area is 138 Å². The fourth-order valence-electron chi connectivity index (χ4n) is 2.92. The van der Waals surface area contributed by atoms with Crippen LogP contribution in [0.25, 0.3) is 0 Å². The highest BCUT2D eigenvalue weighted by atomic mass is 16.6. The van der Waals surface area contributed by atoms with Crippen molar-refractivity contribution in [3.8, 4) is 0 Å². The smallest absolute Gasteiger partial charge is 0.410 e. The van der Waals surface area contributed by atoms with Crippen molar-refractivity contribution in [2.24, 2.45) is 0 Å². The van der Waals surface area contributed by atoms with Gasteiger partial charge in [-0.25, -0.2) is 4.79 Å². The van der Waals surface area contributed by atoms with E-state index in [9.17, 15) is 9.59 Å². The van der Waals surface area contributed by atoms with Gasteiger partial charge >= 0.3 is 6.09 Å². The molecular formula is C19H27NO3. The lowest BCUT2D eigenvalue weighted by molar-refractivity contribution is -0.116. The number of benzene rings is 1. The Hall–Kier alpha value is -1.84. The summed E-state index contributed by atoms with van der Waals surface area (Å²) in [6.07, 6.45) is 2.18. The van der Waals surface area contributed by atoms with Crippen LogP contribution in [0.3, 0.4) is 0 Å². The molecule has 4 nitrogen and oxygen atoms in total. The predicted octanol–water partition coefficient (Wildman–Crippen LogP) is 3.93. The van der Waals surface area contributed by atoms with Crippen LogP contribution in [0.15, 0.2) is 24.3 Å². The molecule has 0 radical (unpaired) electrons. The number of carbonyl (C=O) groups excluding carboxylic acids is 2. The number of ether oxygens (including phenoxy) is 1. The Bertz CT molecular complexity index is 549. The van der Waals surface area contributed by atoms with Gasteiger partial charge in [-0.05, 0) is 57.6 Å². The largest absolute Gasteiger partial charge is 0.444 e. The van der Waals surface area contributed by atoms with Crippen LogP contribution in [-0.2, 0) is 16.0 Å². The second-order valence-electron chi connectivity index (χ2n) is 7.36. The van der Waals surface area contributed by atoms with Gasteiger partial charge in [0, 0.05) is 19.5 Å². The molecule has 0 atom stereocenters. The van der Waals surface area contributed by atoms with Gasteiger partial charge in [-0.15, -0.1) is 0 Å². The van der Waals surface area contributed by atoms with Gasteiger partial charge in [0.2, 0.25) is 0 Å². The Balaban J connectivity index is 1.89. The van der Waals surface area contributed by atoms with E-state index in [1.54, 1.807) is 11.8 Å². The van der Waals surface area contributed by atoms with E-state index in [2.05, 4.69) is 12.1 Å². The molecular weight excluding hydrogens is 290 g/mol. The first-order valence-corrected chi connectivity index (χ1v) is 8.31. The van der Waals surface area contributed by atoms with Gasteiger partial charge in [0.15, 0.2) is 0 Å². The summed E-state index contributed by atoms with van der Waals surface area (Å²) in [5.74, 6) is 0.656. The van der Waals surface area contributed by atoms with E-state index in [-0.39, 0.29) is 11.9 Å². The molecule has 0 spiro atoms. The first kappa shape index (κ1) is 17.5. The van der Waals surface area contributed by atoms with Crippen molar-refractivity contribution in [2.45, 2.75) is 58.5 Å². The Kier molecular flexibility index (Phi) is 5.45. The lowest BCUT2D eigenvalue weighted by Gasteiger charge is -2.33. The number of amides is 1. The van der Waals surface area contributed by atoms with Gasteiger partial charge in [0.1, 0.15) is 11.4 Å². The maximum absolute atomic E-state index is 12.1. The molecule has 1 aliphatic heterocycles. The number of ketones is 1. The highest BCUT2D eigenvalue weighted by Crippen LogP contribution is 2.29. The zero-order valence-corrected chi connectivity index (χ0v) is 14.6. The maximum Gasteiger partial charge on any atom is 0.410 e. The molecule has 1 heterocycles. The van der Waals surface area contributed by atoms with Crippen molar-refractivity contribution in [2.75, 3.05) is 13.1 Å². The molecule has 1 saturated heterocycles. The summed E-state index contributed by atoms with van der Waals surface area (Å²) >= 11 is 0. The first-order valence-electron chi connectivity index (χ1n) is 8.31. The average molecular weight is 317 g/mol. The van der Waals surface area contributed by atoms with Crippen molar-refractivity contribution < 1.29 is 14.3 Å². The fraction of sp³-hybridized carbons (Fsp3) is 0.579. The number of hydrogen-bond acceptors (Lipinski definition) is 3. The minimum Gasteiger partial charge on any atom is -0.444 e. The van der Waals surface area contributed by atoms with Crippen LogP contribution in [0.5, 0.6) is 0 Å². The van der Waals surface area contributed by atoms with E-state index in [1.807, 2.05) is 32.9 Å². The van der Waals surface area contributed by atoms with E-state index in [1.165, 1.54) is 5.56 Å².